The minimum Gasteiger partial charge on any atom is -0.495 e. The molecule has 0 aliphatic rings. The van der Waals surface area contributed by atoms with Gasteiger partial charge in [0.05, 0.1) is 12.1 Å². The average molecular weight is 402 g/mol. The predicted octanol–water partition coefficient (Wildman–Crippen LogP) is 4.27. The topological polar surface area (TPSA) is 73.3 Å². The molecule has 0 fully saturated rings. The molecule has 8 heteroatoms. The quantitative estimate of drug-likeness (QED) is 0.667. The van der Waals surface area contributed by atoms with Crippen LogP contribution in [-0.4, -0.2) is 29.6 Å². The van der Waals surface area contributed by atoms with E-state index in [0.29, 0.717) is 33.5 Å². The van der Waals surface area contributed by atoms with Crippen LogP contribution in [0.5, 0.6) is 11.6 Å². The number of halogens is 2. The molecule has 2 aromatic carbocycles. The average Bonchev–Trinajstić information content (AvgIpc) is 2.67. The van der Waals surface area contributed by atoms with Gasteiger partial charge >= 0.3 is 0 Å². The van der Waals surface area contributed by atoms with Gasteiger partial charge in [-0.05, 0) is 49.4 Å². The van der Waals surface area contributed by atoms with Crippen molar-refractivity contribution in [1.82, 2.24) is 9.97 Å². The van der Waals surface area contributed by atoms with Gasteiger partial charge in [-0.2, -0.15) is 4.98 Å². The second kappa shape index (κ2) is 8.67. The largest absolute Gasteiger partial charge is 0.495 e. The molecule has 144 valence electrons. The molecule has 28 heavy (non-hydrogen) atoms. The first-order valence-corrected chi connectivity index (χ1v) is 8.70. The van der Waals surface area contributed by atoms with E-state index in [1.54, 1.807) is 43.3 Å². The number of hydrogen-bond acceptors (Lipinski definition) is 5. The van der Waals surface area contributed by atoms with E-state index in [4.69, 9.17) is 21.1 Å². The van der Waals surface area contributed by atoms with Crippen LogP contribution in [0, 0.1) is 12.7 Å². The Hall–Kier alpha value is -3.19. The van der Waals surface area contributed by atoms with Gasteiger partial charge in [-0.1, -0.05) is 11.6 Å². The van der Waals surface area contributed by atoms with E-state index in [0.717, 1.165) is 0 Å². The summed E-state index contributed by atoms with van der Waals surface area (Å²) in [5.41, 5.74) is 1.82. The molecule has 0 unspecified atom stereocenters. The van der Waals surface area contributed by atoms with Gasteiger partial charge in [0.2, 0.25) is 5.88 Å². The number of amides is 1. The fraction of sp³-hybridized carbons (Fsp3) is 0.150. The summed E-state index contributed by atoms with van der Waals surface area (Å²) in [6.45, 7) is 1.53. The number of ether oxygens (including phenoxy) is 2. The van der Waals surface area contributed by atoms with E-state index >= 15 is 0 Å². The van der Waals surface area contributed by atoms with Crippen molar-refractivity contribution in [2.75, 3.05) is 19.0 Å². The zero-order valence-corrected chi connectivity index (χ0v) is 16.0. The van der Waals surface area contributed by atoms with Gasteiger partial charge in [-0.3, -0.25) is 4.79 Å². The summed E-state index contributed by atoms with van der Waals surface area (Å²) < 4.78 is 23.6. The number of benzene rings is 2. The molecular weight excluding hydrogens is 385 g/mol. The van der Waals surface area contributed by atoms with Gasteiger partial charge in [0.1, 0.15) is 11.6 Å². The van der Waals surface area contributed by atoms with Gasteiger partial charge in [0, 0.05) is 23.0 Å². The number of nitrogens with one attached hydrogen (secondary N) is 1. The Morgan fingerprint density at radius 1 is 1.14 bits per heavy atom. The van der Waals surface area contributed by atoms with Gasteiger partial charge in [0.25, 0.3) is 5.91 Å². The van der Waals surface area contributed by atoms with Crippen molar-refractivity contribution in [2.24, 2.45) is 0 Å². The Balaban J connectivity index is 1.66. The molecule has 6 nitrogen and oxygen atoms in total. The van der Waals surface area contributed by atoms with Crippen LogP contribution >= 0.6 is 11.6 Å². The number of rotatable bonds is 6. The summed E-state index contributed by atoms with van der Waals surface area (Å²) in [5, 5.41) is 3.07. The maximum Gasteiger partial charge on any atom is 0.262 e. The maximum atomic E-state index is 13.1. The van der Waals surface area contributed by atoms with Crippen molar-refractivity contribution >= 4 is 23.2 Å². The Morgan fingerprint density at radius 2 is 1.89 bits per heavy atom. The Bertz CT molecular complexity index is 996. The number of aryl methyl sites for hydroxylation is 1. The lowest BCUT2D eigenvalue weighted by atomic mass is 10.2. The number of nitrogens with zero attached hydrogens (tertiary/aromatic N) is 2. The van der Waals surface area contributed by atoms with E-state index in [1.165, 1.54) is 19.2 Å². The highest BCUT2D eigenvalue weighted by Gasteiger charge is 2.10. The molecule has 1 amide bonds. The van der Waals surface area contributed by atoms with Crippen LogP contribution in [0.1, 0.15) is 5.69 Å². The monoisotopic (exact) mass is 401 g/mol. The van der Waals surface area contributed by atoms with E-state index < -0.39 is 0 Å². The summed E-state index contributed by atoms with van der Waals surface area (Å²) in [7, 11) is 1.51. The van der Waals surface area contributed by atoms with Crippen LogP contribution in [0.2, 0.25) is 5.02 Å². The Labute approximate surface area is 166 Å². The van der Waals surface area contributed by atoms with Gasteiger partial charge < -0.3 is 14.8 Å². The molecule has 1 N–H and O–H groups in total. The third-order valence-corrected chi connectivity index (χ3v) is 4.02. The number of aromatic nitrogens is 2. The van der Waals surface area contributed by atoms with Crippen molar-refractivity contribution in [2.45, 2.75) is 6.92 Å². The lowest BCUT2D eigenvalue weighted by Gasteiger charge is -2.10. The highest BCUT2D eigenvalue weighted by atomic mass is 35.5. The first-order chi connectivity index (χ1) is 13.4. The highest BCUT2D eigenvalue weighted by Crippen LogP contribution is 2.27. The van der Waals surface area contributed by atoms with Crippen LogP contribution < -0.4 is 14.8 Å². The van der Waals surface area contributed by atoms with E-state index in [-0.39, 0.29) is 24.2 Å². The van der Waals surface area contributed by atoms with Crippen molar-refractivity contribution in [1.29, 1.82) is 0 Å². The normalized spacial score (nSPS) is 10.4. The smallest absolute Gasteiger partial charge is 0.262 e. The molecule has 0 aliphatic heterocycles. The van der Waals surface area contributed by atoms with E-state index in [1.807, 2.05) is 0 Å². The van der Waals surface area contributed by atoms with Crippen LogP contribution in [0.25, 0.3) is 11.4 Å². The molecule has 3 aromatic rings. The maximum absolute atomic E-state index is 13.1. The molecule has 0 spiro atoms. The lowest BCUT2D eigenvalue weighted by molar-refractivity contribution is -0.118. The molecule has 0 bridgehead atoms. The summed E-state index contributed by atoms with van der Waals surface area (Å²) >= 11 is 6.04. The van der Waals surface area contributed by atoms with E-state index in [2.05, 4.69) is 15.3 Å². The summed E-state index contributed by atoms with van der Waals surface area (Å²) in [6, 6.07) is 12.3. The number of carbonyl (C=O) groups is 1. The second-order valence-corrected chi connectivity index (χ2v) is 6.27. The molecule has 0 saturated carbocycles. The Kier molecular flexibility index (Phi) is 6.06. The molecule has 0 radical (unpaired) electrons. The molecule has 0 saturated heterocycles. The zero-order valence-electron chi connectivity index (χ0n) is 15.2. The van der Waals surface area contributed by atoms with Crippen molar-refractivity contribution in [3.8, 4) is 23.0 Å². The highest BCUT2D eigenvalue weighted by molar-refractivity contribution is 6.32. The molecule has 0 aliphatic carbocycles. The van der Waals surface area contributed by atoms with Gasteiger partial charge in [-0.15, -0.1) is 0 Å². The predicted molar refractivity (Wildman–Crippen MR) is 104 cm³/mol. The fourth-order valence-electron chi connectivity index (χ4n) is 2.42. The minimum absolute atomic E-state index is 0.245. The van der Waals surface area contributed by atoms with E-state index in [9.17, 15) is 9.18 Å². The first kappa shape index (κ1) is 19.6. The molecule has 0 atom stereocenters. The van der Waals surface area contributed by atoms with Crippen molar-refractivity contribution in [3.63, 3.8) is 0 Å². The van der Waals surface area contributed by atoms with Crippen LogP contribution in [-0.2, 0) is 4.79 Å². The van der Waals surface area contributed by atoms with Crippen molar-refractivity contribution in [3.05, 3.63) is 65.1 Å². The first-order valence-electron chi connectivity index (χ1n) is 8.32. The third-order valence-electron chi connectivity index (χ3n) is 3.72. The summed E-state index contributed by atoms with van der Waals surface area (Å²) in [5.74, 6) is 0.428. The van der Waals surface area contributed by atoms with Crippen LogP contribution in [0.3, 0.4) is 0 Å². The number of hydrogen-bond donors (Lipinski definition) is 1. The van der Waals surface area contributed by atoms with Crippen molar-refractivity contribution < 1.29 is 18.7 Å². The molecular formula is C20H17ClFN3O3. The fourth-order valence-corrected chi connectivity index (χ4v) is 2.68. The number of methoxy groups -OCH3 is 1. The van der Waals surface area contributed by atoms with Crippen LogP contribution in [0.4, 0.5) is 10.1 Å². The van der Waals surface area contributed by atoms with Gasteiger partial charge in [0.15, 0.2) is 12.4 Å². The second-order valence-electron chi connectivity index (χ2n) is 5.86. The SMILES string of the molecule is COc1ccc(NC(=O)COc2cc(C)nc(-c3ccc(F)cc3)n2)cc1Cl. The lowest BCUT2D eigenvalue weighted by Crippen LogP contribution is -2.20. The van der Waals surface area contributed by atoms with Gasteiger partial charge in [-0.25, -0.2) is 9.37 Å². The molecule has 3 rings (SSSR count). The number of anilines is 1. The molecule has 1 aromatic heterocycles. The van der Waals surface area contributed by atoms with Crippen LogP contribution in [0.15, 0.2) is 48.5 Å². The third kappa shape index (κ3) is 4.95. The molecule has 1 heterocycles. The minimum atomic E-state index is -0.374. The summed E-state index contributed by atoms with van der Waals surface area (Å²) in [4.78, 5) is 20.7. The number of carbonyl (C=O) groups excluding carboxylic acids is 1. The summed E-state index contributed by atoms with van der Waals surface area (Å²) in [6.07, 6.45) is 0. The Morgan fingerprint density at radius 3 is 2.57 bits per heavy atom. The standard InChI is InChI=1S/C20H17ClFN3O3/c1-12-9-19(25-20(23-12)13-3-5-14(22)6-4-13)28-11-18(26)24-15-7-8-17(27-2)16(21)10-15/h3-10H,11H2,1-2H3,(H,24,26). The zero-order chi connectivity index (χ0) is 20.1.